The van der Waals surface area contributed by atoms with Crippen molar-refractivity contribution in [2.45, 2.75) is 19.3 Å². The molecule has 0 radical (unpaired) electrons. The van der Waals surface area contributed by atoms with Gasteiger partial charge in [0.2, 0.25) is 0 Å². The Hall–Kier alpha value is -1.54. The molecule has 4 nitrogen and oxygen atoms in total. The van der Waals surface area contributed by atoms with Crippen LogP contribution in [0, 0.1) is 17.2 Å². The van der Waals surface area contributed by atoms with Crippen molar-refractivity contribution in [2.75, 3.05) is 18.0 Å². The quantitative estimate of drug-likeness (QED) is 0.929. The molecule has 0 aliphatic carbocycles. The van der Waals surface area contributed by atoms with Crippen molar-refractivity contribution in [3.8, 4) is 6.07 Å². The summed E-state index contributed by atoms with van der Waals surface area (Å²) in [5.41, 5.74) is 1.66. The van der Waals surface area contributed by atoms with Gasteiger partial charge in [-0.2, -0.15) is 5.26 Å². The second-order valence-corrected chi connectivity index (χ2v) is 5.68. The van der Waals surface area contributed by atoms with Gasteiger partial charge in [-0.05, 0) is 52.9 Å². The Balaban J connectivity index is 2.11. The molecule has 1 N–H and O–H groups in total. The van der Waals surface area contributed by atoms with Gasteiger partial charge in [0.1, 0.15) is 6.07 Å². The smallest absolute Gasteiger partial charge is 0.303 e. The molecule has 19 heavy (non-hydrogen) atoms. The lowest BCUT2D eigenvalue weighted by molar-refractivity contribution is -0.138. The van der Waals surface area contributed by atoms with E-state index in [0.717, 1.165) is 36.1 Å². The number of hydrogen-bond donors (Lipinski definition) is 1. The molecular formula is C14H15BrN2O2. The molecule has 100 valence electrons. The highest BCUT2D eigenvalue weighted by Gasteiger charge is 2.22. The number of rotatable bonds is 3. The van der Waals surface area contributed by atoms with E-state index in [1.807, 2.05) is 12.1 Å². The van der Waals surface area contributed by atoms with Crippen LogP contribution in [0.1, 0.15) is 24.8 Å². The van der Waals surface area contributed by atoms with E-state index in [-0.39, 0.29) is 12.3 Å². The molecule has 1 unspecified atom stereocenters. The second-order valence-electron chi connectivity index (χ2n) is 4.83. The van der Waals surface area contributed by atoms with Crippen LogP contribution in [0.4, 0.5) is 5.69 Å². The van der Waals surface area contributed by atoms with Crippen molar-refractivity contribution in [3.05, 3.63) is 28.2 Å². The van der Waals surface area contributed by atoms with Crippen molar-refractivity contribution < 1.29 is 9.90 Å². The fourth-order valence-corrected chi connectivity index (χ4v) is 2.96. The summed E-state index contributed by atoms with van der Waals surface area (Å²) in [6.45, 7) is 1.71. The van der Waals surface area contributed by atoms with Gasteiger partial charge >= 0.3 is 5.97 Å². The van der Waals surface area contributed by atoms with Crippen LogP contribution >= 0.6 is 15.9 Å². The molecule has 0 amide bonds. The van der Waals surface area contributed by atoms with Gasteiger partial charge in [0.25, 0.3) is 0 Å². The summed E-state index contributed by atoms with van der Waals surface area (Å²) >= 11 is 3.39. The summed E-state index contributed by atoms with van der Waals surface area (Å²) in [6, 6.07) is 7.76. The molecule has 1 aliphatic heterocycles. The third-order valence-corrected chi connectivity index (χ3v) is 4.08. The number of aliphatic carboxylic acids is 1. The monoisotopic (exact) mass is 322 g/mol. The molecule has 5 heteroatoms. The minimum atomic E-state index is -0.729. The topological polar surface area (TPSA) is 64.3 Å². The van der Waals surface area contributed by atoms with Crippen LogP contribution in [0.15, 0.2) is 22.7 Å². The Morgan fingerprint density at radius 2 is 2.37 bits per heavy atom. The predicted molar refractivity (Wildman–Crippen MR) is 76.0 cm³/mol. The molecule has 1 fully saturated rings. The van der Waals surface area contributed by atoms with Crippen LogP contribution in [-0.2, 0) is 4.79 Å². The van der Waals surface area contributed by atoms with E-state index in [9.17, 15) is 4.79 Å². The summed E-state index contributed by atoms with van der Waals surface area (Å²) < 4.78 is 0.785. The lowest BCUT2D eigenvalue weighted by Gasteiger charge is -2.34. The maximum atomic E-state index is 10.8. The highest BCUT2D eigenvalue weighted by molar-refractivity contribution is 9.10. The molecule has 1 aliphatic rings. The summed E-state index contributed by atoms with van der Waals surface area (Å²) in [4.78, 5) is 13.0. The van der Waals surface area contributed by atoms with Crippen LogP contribution < -0.4 is 4.90 Å². The Morgan fingerprint density at radius 3 is 3.00 bits per heavy atom. The van der Waals surface area contributed by atoms with E-state index in [2.05, 4.69) is 26.9 Å². The number of nitriles is 1. The zero-order valence-electron chi connectivity index (χ0n) is 10.5. The Bertz CT molecular complexity index is 525. The Labute approximate surface area is 120 Å². The molecule has 1 atom stereocenters. The van der Waals surface area contributed by atoms with Crippen LogP contribution in [0.25, 0.3) is 0 Å². The first kappa shape index (κ1) is 13.9. The van der Waals surface area contributed by atoms with Gasteiger partial charge in [-0.25, -0.2) is 0 Å². The summed E-state index contributed by atoms with van der Waals surface area (Å²) in [6.07, 6.45) is 2.21. The minimum absolute atomic E-state index is 0.209. The summed E-state index contributed by atoms with van der Waals surface area (Å²) in [7, 11) is 0. The van der Waals surface area contributed by atoms with Crippen LogP contribution in [0.5, 0.6) is 0 Å². The van der Waals surface area contributed by atoms with E-state index < -0.39 is 5.97 Å². The molecular weight excluding hydrogens is 308 g/mol. The highest BCUT2D eigenvalue weighted by Crippen LogP contribution is 2.28. The van der Waals surface area contributed by atoms with Crippen LogP contribution in [0.3, 0.4) is 0 Å². The van der Waals surface area contributed by atoms with Crippen molar-refractivity contribution in [1.82, 2.24) is 0 Å². The predicted octanol–water partition coefficient (Wildman–Crippen LogP) is 3.01. The van der Waals surface area contributed by atoms with Gasteiger partial charge < -0.3 is 10.0 Å². The highest BCUT2D eigenvalue weighted by atomic mass is 79.9. The first-order chi connectivity index (χ1) is 9.10. The van der Waals surface area contributed by atoms with Crippen molar-refractivity contribution >= 4 is 27.6 Å². The maximum Gasteiger partial charge on any atom is 0.303 e. The first-order valence-electron chi connectivity index (χ1n) is 6.26. The average molecular weight is 323 g/mol. The number of carbonyl (C=O) groups is 1. The minimum Gasteiger partial charge on any atom is -0.481 e. The Morgan fingerprint density at radius 1 is 1.58 bits per heavy atom. The van der Waals surface area contributed by atoms with E-state index in [1.165, 1.54) is 0 Å². The molecule has 0 spiro atoms. The van der Waals surface area contributed by atoms with Crippen LogP contribution in [-0.4, -0.2) is 24.2 Å². The standard InChI is InChI=1S/C14H15BrN2O2/c15-13-7-12(4-3-11(13)8-16)17-5-1-2-10(9-17)6-14(18)19/h3-4,7,10H,1-2,5-6,9H2,(H,18,19). The van der Waals surface area contributed by atoms with Crippen LogP contribution in [0.2, 0.25) is 0 Å². The molecule has 0 aromatic heterocycles. The number of carboxylic acids is 1. The molecule has 1 aromatic carbocycles. The zero-order valence-corrected chi connectivity index (χ0v) is 12.1. The second kappa shape index (κ2) is 6.07. The van der Waals surface area contributed by atoms with Gasteiger partial charge in [-0.15, -0.1) is 0 Å². The molecule has 1 aromatic rings. The fourth-order valence-electron chi connectivity index (χ4n) is 2.50. The number of nitrogens with zero attached hydrogens (tertiary/aromatic N) is 2. The zero-order chi connectivity index (χ0) is 13.8. The van der Waals surface area contributed by atoms with E-state index in [1.54, 1.807) is 6.07 Å². The summed E-state index contributed by atoms with van der Waals surface area (Å²) in [5, 5.41) is 17.8. The fraction of sp³-hybridized carbons (Fsp3) is 0.429. The maximum absolute atomic E-state index is 10.8. The average Bonchev–Trinajstić information content (AvgIpc) is 2.38. The normalized spacial score (nSPS) is 18.9. The number of anilines is 1. The first-order valence-corrected chi connectivity index (χ1v) is 7.06. The molecule has 0 bridgehead atoms. The Kier molecular flexibility index (Phi) is 4.43. The number of halogens is 1. The van der Waals surface area contributed by atoms with Gasteiger partial charge in [-0.1, -0.05) is 0 Å². The molecule has 1 heterocycles. The van der Waals surface area contributed by atoms with E-state index in [4.69, 9.17) is 10.4 Å². The third kappa shape index (κ3) is 3.48. The largest absolute Gasteiger partial charge is 0.481 e. The number of hydrogen-bond acceptors (Lipinski definition) is 3. The SMILES string of the molecule is N#Cc1ccc(N2CCCC(CC(=O)O)C2)cc1Br. The van der Waals surface area contributed by atoms with Crippen molar-refractivity contribution in [1.29, 1.82) is 5.26 Å². The van der Waals surface area contributed by atoms with Gasteiger partial charge in [0.05, 0.1) is 5.56 Å². The molecule has 1 saturated heterocycles. The summed E-state index contributed by atoms with van der Waals surface area (Å²) in [5.74, 6) is -0.520. The number of piperidine rings is 1. The number of benzene rings is 1. The van der Waals surface area contributed by atoms with Crippen molar-refractivity contribution in [3.63, 3.8) is 0 Å². The van der Waals surface area contributed by atoms with E-state index >= 15 is 0 Å². The third-order valence-electron chi connectivity index (χ3n) is 3.42. The molecule has 0 saturated carbocycles. The van der Waals surface area contributed by atoms with E-state index in [0.29, 0.717) is 5.56 Å². The van der Waals surface area contributed by atoms with Crippen molar-refractivity contribution in [2.24, 2.45) is 5.92 Å². The lowest BCUT2D eigenvalue weighted by atomic mass is 9.94. The lowest BCUT2D eigenvalue weighted by Crippen LogP contribution is -2.36. The molecule has 2 rings (SSSR count). The number of carboxylic acid groups (broad SMARTS) is 1. The van der Waals surface area contributed by atoms with Gasteiger partial charge in [0.15, 0.2) is 0 Å². The van der Waals surface area contributed by atoms with Gasteiger partial charge in [-0.3, -0.25) is 4.79 Å². The van der Waals surface area contributed by atoms with Gasteiger partial charge in [0, 0.05) is 29.7 Å².